The number of piperidine rings is 1. The van der Waals surface area contributed by atoms with Gasteiger partial charge in [0.2, 0.25) is 5.95 Å². The largest absolute Gasteiger partial charge is 0.416 e. The van der Waals surface area contributed by atoms with E-state index in [-0.39, 0.29) is 42.8 Å². The molecular weight excluding hydrogens is 596 g/mol. The van der Waals surface area contributed by atoms with Crippen LogP contribution in [0.1, 0.15) is 18.7 Å². The minimum Gasteiger partial charge on any atom is -0.382 e. The standard InChI is InChI=1S/C25H22Cl2F5N7O2/c26-16-7-5-15(6-8-16)21-35-38(23(41)37(21)13-19(40)25(30,31)32)14-20-33-22(36-11-9-24(28,29)10-12-36)39(34-20)18-4-2-1-3-17(18)27/h1-8,19,40H,9-14H2. The molecule has 1 atom stereocenters. The molecule has 1 fully saturated rings. The molecule has 3 heterocycles. The number of hydrogen-bond acceptors (Lipinski definition) is 6. The molecule has 2 aromatic carbocycles. The zero-order valence-electron chi connectivity index (χ0n) is 21.1. The Morgan fingerprint density at radius 2 is 1.66 bits per heavy atom. The summed E-state index contributed by atoms with van der Waals surface area (Å²) in [6.07, 6.45) is -8.60. The van der Waals surface area contributed by atoms with Gasteiger partial charge in [-0.05, 0) is 36.4 Å². The van der Waals surface area contributed by atoms with E-state index in [1.54, 1.807) is 29.2 Å². The van der Waals surface area contributed by atoms with Gasteiger partial charge in [-0.2, -0.15) is 22.8 Å². The lowest BCUT2D eigenvalue weighted by Gasteiger charge is -2.32. The van der Waals surface area contributed by atoms with Gasteiger partial charge < -0.3 is 10.0 Å². The molecule has 1 unspecified atom stereocenters. The van der Waals surface area contributed by atoms with Crippen molar-refractivity contribution in [2.75, 3.05) is 18.0 Å². The molecule has 1 saturated heterocycles. The minimum atomic E-state index is -4.98. The number of nitrogens with zero attached hydrogens (tertiary/aromatic N) is 7. The van der Waals surface area contributed by atoms with Crippen molar-refractivity contribution in [3.63, 3.8) is 0 Å². The maximum atomic E-state index is 13.8. The molecule has 4 aromatic rings. The fourth-order valence-electron chi connectivity index (χ4n) is 4.37. The summed E-state index contributed by atoms with van der Waals surface area (Å²) < 4.78 is 70.2. The van der Waals surface area contributed by atoms with Gasteiger partial charge in [0.15, 0.2) is 17.8 Å². The number of aliphatic hydroxyl groups excluding tert-OH is 1. The Labute approximate surface area is 239 Å². The molecular formula is C25H22Cl2F5N7O2. The Balaban J connectivity index is 1.55. The summed E-state index contributed by atoms with van der Waals surface area (Å²) in [6.45, 7) is -1.50. The highest BCUT2D eigenvalue weighted by Gasteiger charge is 2.40. The lowest BCUT2D eigenvalue weighted by molar-refractivity contribution is -0.207. The lowest BCUT2D eigenvalue weighted by Crippen LogP contribution is -2.40. The number of halogens is 7. The van der Waals surface area contributed by atoms with Crippen LogP contribution in [0.15, 0.2) is 53.3 Å². The van der Waals surface area contributed by atoms with Gasteiger partial charge in [0.1, 0.15) is 6.54 Å². The van der Waals surface area contributed by atoms with E-state index in [0.717, 1.165) is 4.68 Å². The fourth-order valence-corrected chi connectivity index (χ4v) is 4.71. The molecule has 1 N–H and O–H groups in total. The molecule has 16 heteroatoms. The van der Waals surface area contributed by atoms with Gasteiger partial charge in [0.05, 0.1) is 17.3 Å². The molecule has 9 nitrogen and oxygen atoms in total. The number of para-hydroxylation sites is 1. The normalized spacial score (nSPS) is 16.2. The first-order chi connectivity index (χ1) is 19.3. The zero-order chi connectivity index (χ0) is 29.5. The minimum absolute atomic E-state index is 0.0137. The maximum Gasteiger partial charge on any atom is 0.416 e. The third-order valence-electron chi connectivity index (χ3n) is 6.54. The van der Waals surface area contributed by atoms with Gasteiger partial charge in [-0.25, -0.2) is 18.3 Å². The summed E-state index contributed by atoms with van der Waals surface area (Å²) in [7, 11) is 0. The number of hydrogen-bond donors (Lipinski definition) is 1. The Hall–Kier alpha value is -3.49. The van der Waals surface area contributed by atoms with Crippen LogP contribution in [-0.4, -0.2) is 65.5 Å². The first-order valence-corrected chi connectivity index (χ1v) is 13.1. The molecule has 0 saturated carbocycles. The van der Waals surface area contributed by atoms with Crippen LogP contribution in [0.4, 0.5) is 27.9 Å². The quantitative estimate of drug-likeness (QED) is 0.299. The average Bonchev–Trinajstić information content (AvgIpc) is 3.46. The van der Waals surface area contributed by atoms with Crippen LogP contribution in [0, 0.1) is 0 Å². The summed E-state index contributed by atoms with van der Waals surface area (Å²) >= 11 is 12.3. The monoisotopic (exact) mass is 617 g/mol. The average molecular weight is 618 g/mol. The van der Waals surface area contributed by atoms with Crippen molar-refractivity contribution in [3.05, 3.63) is 74.9 Å². The highest BCUT2D eigenvalue weighted by molar-refractivity contribution is 6.32. The van der Waals surface area contributed by atoms with Crippen LogP contribution in [0.3, 0.4) is 0 Å². The number of rotatable bonds is 7. The van der Waals surface area contributed by atoms with Crippen LogP contribution < -0.4 is 10.6 Å². The van der Waals surface area contributed by atoms with E-state index in [2.05, 4.69) is 15.2 Å². The molecule has 41 heavy (non-hydrogen) atoms. The van der Waals surface area contributed by atoms with Crippen LogP contribution >= 0.6 is 23.2 Å². The van der Waals surface area contributed by atoms with E-state index in [1.165, 1.54) is 28.9 Å². The van der Waals surface area contributed by atoms with Gasteiger partial charge in [-0.3, -0.25) is 4.57 Å². The smallest absolute Gasteiger partial charge is 0.382 e. The highest BCUT2D eigenvalue weighted by atomic mass is 35.5. The van der Waals surface area contributed by atoms with E-state index in [0.29, 0.717) is 20.3 Å². The molecule has 5 rings (SSSR count). The van der Waals surface area contributed by atoms with Gasteiger partial charge in [-0.15, -0.1) is 10.2 Å². The second-order valence-electron chi connectivity index (χ2n) is 9.47. The Morgan fingerprint density at radius 1 is 1.00 bits per heavy atom. The highest BCUT2D eigenvalue weighted by Crippen LogP contribution is 2.32. The first-order valence-electron chi connectivity index (χ1n) is 12.3. The number of alkyl halides is 5. The maximum absolute atomic E-state index is 13.8. The molecule has 218 valence electrons. The summed E-state index contributed by atoms with van der Waals surface area (Å²) in [5.41, 5.74) is -0.260. The predicted molar refractivity (Wildman–Crippen MR) is 141 cm³/mol. The number of aromatic nitrogens is 6. The summed E-state index contributed by atoms with van der Waals surface area (Å²) in [6, 6.07) is 12.6. The van der Waals surface area contributed by atoms with E-state index >= 15 is 0 Å². The molecule has 0 amide bonds. The topological polar surface area (TPSA) is 94.0 Å². The van der Waals surface area contributed by atoms with Crippen LogP contribution in [0.2, 0.25) is 10.0 Å². The van der Waals surface area contributed by atoms with Crippen molar-refractivity contribution >= 4 is 29.2 Å². The van der Waals surface area contributed by atoms with E-state index in [4.69, 9.17) is 23.2 Å². The third-order valence-corrected chi connectivity index (χ3v) is 7.11. The molecule has 0 radical (unpaired) electrons. The van der Waals surface area contributed by atoms with Crippen molar-refractivity contribution in [2.45, 2.75) is 44.1 Å². The van der Waals surface area contributed by atoms with E-state index in [1.807, 2.05) is 0 Å². The lowest BCUT2D eigenvalue weighted by atomic mass is 10.1. The summed E-state index contributed by atoms with van der Waals surface area (Å²) in [5.74, 6) is -2.71. The number of aliphatic hydroxyl groups is 1. The van der Waals surface area contributed by atoms with Crippen molar-refractivity contribution in [1.82, 2.24) is 29.1 Å². The first kappa shape index (κ1) is 29.0. The van der Waals surface area contributed by atoms with Gasteiger partial charge in [-0.1, -0.05) is 35.3 Å². The van der Waals surface area contributed by atoms with Gasteiger partial charge in [0, 0.05) is 36.5 Å². The molecule has 0 aliphatic carbocycles. The van der Waals surface area contributed by atoms with Crippen molar-refractivity contribution in [2.24, 2.45) is 0 Å². The summed E-state index contributed by atoms with van der Waals surface area (Å²) in [5, 5.41) is 19.0. The zero-order valence-corrected chi connectivity index (χ0v) is 22.6. The Bertz CT molecular complexity index is 1590. The van der Waals surface area contributed by atoms with Crippen molar-refractivity contribution in [1.29, 1.82) is 0 Å². The fraction of sp³-hybridized carbons (Fsp3) is 0.360. The molecule has 1 aliphatic rings. The summed E-state index contributed by atoms with van der Waals surface area (Å²) in [4.78, 5) is 19.4. The van der Waals surface area contributed by atoms with Crippen molar-refractivity contribution < 1.29 is 27.1 Å². The second kappa shape index (κ2) is 11.1. The molecule has 2 aromatic heterocycles. The molecule has 0 spiro atoms. The van der Waals surface area contributed by atoms with Gasteiger partial charge in [0.25, 0.3) is 5.92 Å². The molecule has 0 bridgehead atoms. The third kappa shape index (κ3) is 6.23. The van der Waals surface area contributed by atoms with Crippen LogP contribution in [0.5, 0.6) is 0 Å². The van der Waals surface area contributed by atoms with E-state index in [9.17, 15) is 31.9 Å². The van der Waals surface area contributed by atoms with Crippen LogP contribution in [-0.2, 0) is 13.1 Å². The van der Waals surface area contributed by atoms with Crippen molar-refractivity contribution in [3.8, 4) is 17.1 Å². The molecule has 1 aliphatic heterocycles. The van der Waals surface area contributed by atoms with Crippen LogP contribution in [0.25, 0.3) is 17.1 Å². The van der Waals surface area contributed by atoms with E-state index < -0.39 is 43.3 Å². The van der Waals surface area contributed by atoms with Gasteiger partial charge >= 0.3 is 11.9 Å². The number of anilines is 1. The SMILES string of the molecule is O=c1n(Cc2nc(N3CCC(F)(F)CC3)n(-c3ccccc3Cl)n2)nc(-c2ccc(Cl)cc2)n1CC(O)C(F)(F)F. The Kier molecular flexibility index (Phi) is 7.83. The number of benzene rings is 2. The predicted octanol–water partition coefficient (Wildman–Crippen LogP) is 4.81. The Morgan fingerprint density at radius 3 is 2.29 bits per heavy atom. The second-order valence-corrected chi connectivity index (χ2v) is 10.3.